The monoisotopic (exact) mass is 208 g/mol. The molecule has 80 valence electrons. The van der Waals surface area contributed by atoms with Crippen LogP contribution in [0.15, 0.2) is 36.4 Å². The van der Waals surface area contributed by atoms with E-state index in [1.54, 1.807) is 12.1 Å². The van der Waals surface area contributed by atoms with Crippen LogP contribution in [0.2, 0.25) is 0 Å². The number of aliphatic hydroxyl groups is 1. The minimum absolute atomic E-state index is 0.132. The highest BCUT2D eigenvalue weighted by Crippen LogP contribution is 2.19. The molecule has 4 nitrogen and oxygen atoms in total. The van der Waals surface area contributed by atoms with Gasteiger partial charge in [-0.25, -0.2) is 4.79 Å². The first-order valence-corrected chi connectivity index (χ1v) is 4.46. The third kappa shape index (κ3) is 3.83. The number of hydrogen-bond acceptors (Lipinski definition) is 3. The molecule has 0 aliphatic carbocycles. The fourth-order valence-corrected chi connectivity index (χ4v) is 1.13. The van der Waals surface area contributed by atoms with Gasteiger partial charge in [0.1, 0.15) is 5.75 Å². The van der Waals surface area contributed by atoms with Gasteiger partial charge >= 0.3 is 5.97 Å². The highest BCUT2D eigenvalue weighted by atomic mass is 16.4. The van der Waals surface area contributed by atoms with Gasteiger partial charge in [0.15, 0.2) is 0 Å². The number of aromatic hydroxyl groups is 1. The summed E-state index contributed by atoms with van der Waals surface area (Å²) >= 11 is 0. The van der Waals surface area contributed by atoms with Crippen molar-refractivity contribution in [3.8, 4) is 5.75 Å². The van der Waals surface area contributed by atoms with Crippen LogP contribution in [0.3, 0.4) is 0 Å². The smallest absolute Gasteiger partial charge is 0.327 e. The van der Waals surface area contributed by atoms with Crippen LogP contribution in [0.5, 0.6) is 5.75 Å². The molecule has 0 bridgehead atoms. The van der Waals surface area contributed by atoms with Crippen LogP contribution in [-0.4, -0.2) is 21.3 Å². The van der Waals surface area contributed by atoms with Crippen LogP contribution in [0, 0.1) is 0 Å². The minimum Gasteiger partial charge on any atom is -0.508 e. The predicted octanol–water partition coefficient (Wildman–Crippen LogP) is 1.46. The summed E-state index contributed by atoms with van der Waals surface area (Å²) in [5, 5.41) is 26.9. The summed E-state index contributed by atoms with van der Waals surface area (Å²) < 4.78 is 0. The Hall–Kier alpha value is -1.81. The Bertz CT molecular complexity index is 353. The molecule has 4 heteroatoms. The summed E-state index contributed by atoms with van der Waals surface area (Å²) in [6.45, 7) is 0. The zero-order valence-corrected chi connectivity index (χ0v) is 8.00. The van der Waals surface area contributed by atoms with Crippen molar-refractivity contribution in [1.29, 1.82) is 0 Å². The van der Waals surface area contributed by atoms with Gasteiger partial charge in [0.2, 0.25) is 0 Å². The van der Waals surface area contributed by atoms with Crippen LogP contribution in [0.25, 0.3) is 0 Å². The van der Waals surface area contributed by atoms with E-state index < -0.39 is 12.1 Å². The second kappa shape index (κ2) is 5.17. The van der Waals surface area contributed by atoms with Crippen molar-refractivity contribution < 1.29 is 20.1 Å². The lowest BCUT2D eigenvalue weighted by molar-refractivity contribution is -0.131. The molecular weight excluding hydrogens is 196 g/mol. The Kier molecular flexibility index (Phi) is 3.88. The standard InChI is InChI=1S/C11H12O4/c12-9-6-4-8(5-7-9)10(13)2-1-3-11(14)15/h1,3-7,10,12-13H,2H2,(H,14,15)/b3-1+/t10-/m1/s1. The summed E-state index contributed by atoms with van der Waals surface area (Å²) in [7, 11) is 0. The molecule has 3 N–H and O–H groups in total. The Labute approximate surface area is 87.1 Å². The molecule has 0 aliphatic heterocycles. The number of phenols is 1. The normalized spacial score (nSPS) is 12.9. The SMILES string of the molecule is O=C(O)/C=C/C[C@@H](O)c1ccc(O)cc1. The Morgan fingerprint density at radius 1 is 1.33 bits per heavy atom. The third-order valence-corrected chi connectivity index (χ3v) is 1.90. The molecule has 0 amide bonds. The molecule has 0 aliphatic rings. The summed E-state index contributed by atoms with van der Waals surface area (Å²) in [6, 6.07) is 6.13. The summed E-state index contributed by atoms with van der Waals surface area (Å²) in [4.78, 5) is 10.2. The zero-order chi connectivity index (χ0) is 11.3. The van der Waals surface area contributed by atoms with Crippen molar-refractivity contribution in [2.75, 3.05) is 0 Å². The van der Waals surface area contributed by atoms with E-state index >= 15 is 0 Å². The second-order valence-corrected chi connectivity index (χ2v) is 3.08. The lowest BCUT2D eigenvalue weighted by Crippen LogP contribution is -1.95. The number of aliphatic carboxylic acids is 1. The van der Waals surface area contributed by atoms with Crippen LogP contribution in [0.4, 0.5) is 0 Å². The van der Waals surface area contributed by atoms with Crippen LogP contribution < -0.4 is 0 Å². The van der Waals surface area contributed by atoms with Crippen molar-refractivity contribution in [2.24, 2.45) is 0 Å². The number of carboxylic acid groups (broad SMARTS) is 1. The number of rotatable bonds is 4. The first-order valence-electron chi connectivity index (χ1n) is 4.46. The van der Waals surface area contributed by atoms with Crippen molar-refractivity contribution in [3.63, 3.8) is 0 Å². The third-order valence-electron chi connectivity index (χ3n) is 1.90. The largest absolute Gasteiger partial charge is 0.508 e. The molecule has 0 spiro atoms. The van der Waals surface area contributed by atoms with Gasteiger partial charge in [-0.3, -0.25) is 0 Å². The van der Waals surface area contributed by atoms with Gasteiger partial charge in [0.25, 0.3) is 0 Å². The Morgan fingerprint density at radius 2 is 1.93 bits per heavy atom. The van der Waals surface area contributed by atoms with Crippen molar-refractivity contribution >= 4 is 5.97 Å². The van der Waals surface area contributed by atoms with Gasteiger partial charge in [0.05, 0.1) is 6.10 Å². The fourth-order valence-electron chi connectivity index (χ4n) is 1.13. The van der Waals surface area contributed by atoms with E-state index in [1.165, 1.54) is 18.2 Å². The zero-order valence-electron chi connectivity index (χ0n) is 8.00. The molecule has 1 atom stereocenters. The highest BCUT2D eigenvalue weighted by molar-refractivity contribution is 5.79. The van der Waals surface area contributed by atoms with E-state index in [9.17, 15) is 9.90 Å². The van der Waals surface area contributed by atoms with E-state index in [-0.39, 0.29) is 12.2 Å². The quantitative estimate of drug-likeness (QED) is 0.654. The van der Waals surface area contributed by atoms with Gasteiger partial charge in [-0.1, -0.05) is 18.2 Å². The second-order valence-electron chi connectivity index (χ2n) is 3.08. The van der Waals surface area contributed by atoms with Crippen molar-refractivity contribution in [3.05, 3.63) is 42.0 Å². The number of benzene rings is 1. The lowest BCUT2D eigenvalue weighted by Gasteiger charge is -2.07. The number of carboxylic acids is 1. The molecule has 0 heterocycles. The first-order chi connectivity index (χ1) is 7.09. The van der Waals surface area contributed by atoms with Gasteiger partial charge < -0.3 is 15.3 Å². The average Bonchev–Trinajstić information content (AvgIpc) is 2.18. The molecule has 0 fully saturated rings. The van der Waals surface area contributed by atoms with E-state index in [4.69, 9.17) is 10.2 Å². The van der Waals surface area contributed by atoms with E-state index in [1.807, 2.05) is 0 Å². The maximum absolute atomic E-state index is 10.2. The number of phenolic OH excluding ortho intramolecular Hbond substituents is 1. The maximum atomic E-state index is 10.2. The van der Waals surface area contributed by atoms with E-state index in [0.717, 1.165) is 6.08 Å². The molecule has 15 heavy (non-hydrogen) atoms. The molecule has 0 unspecified atom stereocenters. The van der Waals surface area contributed by atoms with Gasteiger partial charge in [-0.15, -0.1) is 0 Å². The summed E-state index contributed by atoms with van der Waals surface area (Å²) in [6.07, 6.45) is 1.86. The van der Waals surface area contributed by atoms with Crippen LogP contribution >= 0.6 is 0 Å². The van der Waals surface area contributed by atoms with Gasteiger partial charge in [0, 0.05) is 6.08 Å². The number of hydrogen-bond donors (Lipinski definition) is 3. The average molecular weight is 208 g/mol. The van der Waals surface area contributed by atoms with Crippen molar-refractivity contribution in [1.82, 2.24) is 0 Å². The first kappa shape index (κ1) is 11.3. The molecule has 0 saturated carbocycles. The van der Waals surface area contributed by atoms with E-state index in [2.05, 4.69) is 0 Å². The topological polar surface area (TPSA) is 77.8 Å². The molecular formula is C11H12O4. The van der Waals surface area contributed by atoms with Gasteiger partial charge in [-0.2, -0.15) is 0 Å². The predicted molar refractivity (Wildman–Crippen MR) is 54.5 cm³/mol. The molecule has 1 aromatic rings. The maximum Gasteiger partial charge on any atom is 0.327 e. The highest BCUT2D eigenvalue weighted by Gasteiger charge is 2.04. The summed E-state index contributed by atoms with van der Waals surface area (Å²) in [5.74, 6) is -0.903. The van der Waals surface area contributed by atoms with E-state index in [0.29, 0.717) is 5.56 Å². The molecule has 1 rings (SSSR count). The molecule has 0 aromatic heterocycles. The summed E-state index contributed by atoms with van der Waals surface area (Å²) in [5.41, 5.74) is 0.642. The Balaban J connectivity index is 2.57. The molecule has 0 radical (unpaired) electrons. The number of aliphatic hydroxyl groups excluding tert-OH is 1. The molecule has 1 aromatic carbocycles. The van der Waals surface area contributed by atoms with Crippen molar-refractivity contribution in [2.45, 2.75) is 12.5 Å². The lowest BCUT2D eigenvalue weighted by atomic mass is 10.1. The Morgan fingerprint density at radius 3 is 2.47 bits per heavy atom. The molecule has 0 saturated heterocycles. The minimum atomic E-state index is -1.03. The van der Waals surface area contributed by atoms with Crippen LogP contribution in [0.1, 0.15) is 18.1 Å². The number of carbonyl (C=O) groups is 1. The van der Waals surface area contributed by atoms with Crippen LogP contribution in [-0.2, 0) is 4.79 Å². The fraction of sp³-hybridized carbons (Fsp3) is 0.182. The van der Waals surface area contributed by atoms with Gasteiger partial charge in [-0.05, 0) is 24.1 Å².